The monoisotopic (exact) mass is 431 g/mol. The summed E-state index contributed by atoms with van der Waals surface area (Å²) in [7, 11) is 0. The zero-order valence-corrected chi connectivity index (χ0v) is 16.9. The van der Waals surface area contributed by atoms with Crippen LogP contribution in [0.3, 0.4) is 0 Å². The third-order valence-corrected chi connectivity index (χ3v) is 4.53. The molecule has 0 radical (unpaired) electrons. The van der Waals surface area contributed by atoms with Crippen molar-refractivity contribution in [1.82, 2.24) is 9.88 Å². The van der Waals surface area contributed by atoms with E-state index in [0.29, 0.717) is 5.56 Å². The van der Waals surface area contributed by atoms with Gasteiger partial charge in [0.2, 0.25) is 11.8 Å². The van der Waals surface area contributed by atoms with Crippen LogP contribution in [0.15, 0.2) is 59.0 Å². The molecule has 0 unspecified atom stereocenters. The molecule has 31 heavy (non-hydrogen) atoms. The molecule has 1 N–H and O–H groups in total. The highest BCUT2D eigenvalue weighted by Gasteiger charge is 2.34. The van der Waals surface area contributed by atoms with Crippen molar-refractivity contribution in [2.24, 2.45) is 0 Å². The van der Waals surface area contributed by atoms with E-state index in [1.165, 1.54) is 17.0 Å². The lowest BCUT2D eigenvalue weighted by Crippen LogP contribution is -2.38. The average molecular weight is 431 g/mol. The highest BCUT2D eigenvalue weighted by atomic mass is 19.4. The second-order valence-corrected chi connectivity index (χ2v) is 6.70. The van der Waals surface area contributed by atoms with Crippen molar-refractivity contribution >= 4 is 17.5 Å². The van der Waals surface area contributed by atoms with Crippen molar-refractivity contribution in [2.45, 2.75) is 20.0 Å². The number of anilines is 1. The van der Waals surface area contributed by atoms with E-state index in [4.69, 9.17) is 4.42 Å². The number of likely N-dealkylation sites (N-methyl/N-ethyl adjacent to an activating group) is 1. The van der Waals surface area contributed by atoms with Gasteiger partial charge in [-0.1, -0.05) is 30.3 Å². The Morgan fingerprint density at radius 1 is 1.06 bits per heavy atom. The van der Waals surface area contributed by atoms with Crippen LogP contribution in [-0.4, -0.2) is 34.8 Å². The number of nitrogens with one attached hydrogen (secondary N) is 1. The Morgan fingerprint density at radius 2 is 1.71 bits per heavy atom. The Bertz CT molecular complexity index is 1080. The van der Waals surface area contributed by atoms with Gasteiger partial charge in [0.05, 0.1) is 11.3 Å². The number of carbonyl (C=O) groups is 2. The summed E-state index contributed by atoms with van der Waals surface area (Å²) < 4.78 is 45.0. The van der Waals surface area contributed by atoms with E-state index in [1.54, 1.807) is 38.1 Å². The molecular formula is C22H20F3N3O3. The molecular weight excluding hydrogens is 411 g/mol. The number of hydrogen-bond donors (Lipinski definition) is 1. The topological polar surface area (TPSA) is 75.4 Å². The van der Waals surface area contributed by atoms with Crippen LogP contribution in [0.5, 0.6) is 0 Å². The molecule has 1 aromatic heterocycles. The quantitative estimate of drug-likeness (QED) is 0.610. The molecule has 0 atom stereocenters. The van der Waals surface area contributed by atoms with Crippen molar-refractivity contribution in [2.75, 3.05) is 18.4 Å². The number of nitrogens with zero attached hydrogens (tertiary/aromatic N) is 2. The first kappa shape index (κ1) is 22.1. The van der Waals surface area contributed by atoms with Crippen LogP contribution in [0.25, 0.3) is 11.5 Å². The van der Waals surface area contributed by atoms with Crippen LogP contribution < -0.4 is 5.32 Å². The van der Waals surface area contributed by atoms with E-state index in [-0.39, 0.29) is 29.6 Å². The summed E-state index contributed by atoms with van der Waals surface area (Å²) in [6.45, 7) is 2.96. The first-order valence-corrected chi connectivity index (χ1v) is 9.49. The van der Waals surface area contributed by atoms with Gasteiger partial charge < -0.3 is 14.6 Å². The van der Waals surface area contributed by atoms with Gasteiger partial charge in [-0.25, -0.2) is 4.98 Å². The standard InChI is InChI=1S/C22H20F3N3O3/c1-3-28(13-18(29)26-17-12-8-7-11-16(17)22(23,24)25)21(30)19-14(2)31-20(27-19)15-9-5-4-6-10-15/h4-12H,3,13H2,1-2H3,(H,26,29). The number of halogens is 3. The molecule has 6 nitrogen and oxygen atoms in total. The maximum atomic E-state index is 13.1. The lowest BCUT2D eigenvalue weighted by atomic mass is 10.1. The highest BCUT2D eigenvalue weighted by Crippen LogP contribution is 2.34. The van der Waals surface area contributed by atoms with Gasteiger partial charge in [0.15, 0.2) is 5.69 Å². The summed E-state index contributed by atoms with van der Waals surface area (Å²) in [5, 5.41) is 2.24. The smallest absolute Gasteiger partial charge is 0.418 e. The Hall–Kier alpha value is -3.62. The second-order valence-electron chi connectivity index (χ2n) is 6.70. The largest absolute Gasteiger partial charge is 0.441 e. The van der Waals surface area contributed by atoms with Crippen LogP contribution in [0.4, 0.5) is 18.9 Å². The molecule has 2 aromatic carbocycles. The summed E-state index contributed by atoms with van der Waals surface area (Å²) in [6.07, 6.45) is -4.62. The SMILES string of the molecule is CCN(CC(=O)Nc1ccccc1C(F)(F)F)C(=O)c1nc(-c2ccccc2)oc1C. The summed E-state index contributed by atoms with van der Waals surface area (Å²) in [5.41, 5.74) is -0.594. The van der Waals surface area contributed by atoms with Crippen molar-refractivity contribution < 1.29 is 27.2 Å². The normalized spacial score (nSPS) is 11.3. The number of hydrogen-bond acceptors (Lipinski definition) is 4. The molecule has 3 rings (SSSR count). The Balaban J connectivity index is 1.76. The van der Waals surface area contributed by atoms with Crippen LogP contribution in [-0.2, 0) is 11.0 Å². The molecule has 0 fully saturated rings. The molecule has 0 aliphatic heterocycles. The summed E-state index contributed by atoms with van der Waals surface area (Å²) in [6, 6.07) is 13.7. The predicted molar refractivity (Wildman–Crippen MR) is 108 cm³/mol. The molecule has 0 saturated heterocycles. The molecule has 0 spiro atoms. The van der Waals surface area contributed by atoms with E-state index in [0.717, 1.165) is 12.1 Å². The van der Waals surface area contributed by atoms with Crippen molar-refractivity contribution in [3.63, 3.8) is 0 Å². The lowest BCUT2D eigenvalue weighted by molar-refractivity contribution is -0.137. The van der Waals surface area contributed by atoms with Crippen molar-refractivity contribution in [1.29, 1.82) is 0 Å². The van der Waals surface area contributed by atoms with E-state index in [9.17, 15) is 22.8 Å². The van der Waals surface area contributed by atoms with Gasteiger partial charge in [-0.05, 0) is 38.1 Å². The Labute approximate surface area is 176 Å². The molecule has 2 amide bonds. The van der Waals surface area contributed by atoms with Crippen LogP contribution in [0, 0.1) is 6.92 Å². The molecule has 0 saturated carbocycles. The van der Waals surface area contributed by atoms with Gasteiger partial charge in [0.1, 0.15) is 12.3 Å². The van der Waals surface area contributed by atoms with Gasteiger partial charge in [0.25, 0.3) is 5.91 Å². The van der Waals surface area contributed by atoms with Crippen molar-refractivity contribution in [3.8, 4) is 11.5 Å². The van der Waals surface area contributed by atoms with E-state index >= 15 is 0 Å². The van der Waals surface area contributed by atoms with Crippen LogP contribution in [0.1, 0.15) is 28.7 Å². The van der Waals surface area contributed by atoms with Crippen LogP contribution in [0.2, 0.25) is 0 Å². The summed E-state index contributed by atoms with van der Waals surface area (Å²) in [5.74, 6) is -0.757. The number of amides is 2. The zero-order valence-electron chi connectivity index (χ0n) is 16.9. The number of carbonyl (C=O) groups excluding carboxylic acids is 2. The minimum Gasteiger partial charge on any atom is -0.441 e. The first-order valence-electron chi connectivity index (χ1n) is 9.49. The second kappa shape index (κ2) is 9.03. The zero-order chi connectivity index (χ0) is 22.6. The molecule has 1 heterocycles. The fourth-order valence-electron chi connectivity index (χ4n) is 2.98. The summed E-state index contributed by atoms with van der Waals surface area (Å²) in [4.78, 5) is 30.7. The van der Waals surface area contributed by atoms with Gasteiger partial charge in [0, 0.05) is 12.1 Å². The highest BCUT2D eigenvalue weighted by molar-refractivity contribution is 5.99. The number of rotatable bonds is 6. The minimum atomic E-state index is -4.62. The van der Waals surface area contributed by atoms with E-state index < -0.39 is 30.1 Å². The Morgan fingerprint density at radius 3 is 2.35 bits per heavy atom. The van der Waals surface area contributed by atoms with Gasteiger partial charge >= 0.3 is 6.18 Å². The number of alkyl halides is 3. The van der Waals surface area contributed by atoms with Crippen molar-refractivity contribution in [3.05, 3.63) is 71.6 Å². The number of benzene rings is 2. The number of oxazole rings is 1. The predicted octanol–water partition coefficient (Wildman–Crippen LogP) is 4.77. The van der Waals surface area contributed by atoms with E-state index in [1.807, 2.05) is 6.07 Å². The van der Waals surface area contributed by atoms with Gasteiger partial charge in [-0.2, -0.15) is 13.2 Å². The third-order valence-electron chi connectivity index (χ3n) is 4.53. The fraction of sp³-hybridized carbons (Fsp3) is 0.227. The maximum Gasteiger partial charge on any atom is 0.418 e. The fourth-order valence-corrected chi connectivity index (χ4v) is 2.98. The summed E-state index contributed by atoms with van der Waals surface area (Å²) >= 11 is 0. The molecule has 0 bridgehead atoms. The first-order chi connectivity index (χ1) is 14.7. The number of aryl methyl sites for hydroxylation is 1. The molecule has 162 valence electrons. The number of para-hydroxylation sites is 1. The molecule has 0 aliphatic rings. The third kappa shape index (κ3) is 5.11. The minimum absolute atomic E-state index is 0.0456. The van der Waals surface area contributed by atoms with Gasteiger partial charge in [-0.3, -0.25) is 9.59 Å². The molecule has 9 heteroatoms. The van der Waals surface area contributed by atoms with E-state index in [2.05, 4.69) is 10.3 Å². The molecule has 0 aliphatic carbocycles. The number of aromatic nitrogens is 1. The van der Waals surface area contributed by atoms with Crippen LogP contribution >= 0.6 is 0 Å². The maximum absolute atomic E-state index is 13.1. The Kier molecular flexibility index (Phi) is 6.43. The average Bonchev–Trinajstić information content (AvgIpc) is 3.13. The van der Waals surface area contributed by atoms with Gasteiger partial charge in [-0.15, -0.1) is 0 Å². The lowest BCUT2D eigenvalue weighted by Gasteiger charge is -2.20. The molecule has 3 aromatic rings.